The highest BCUT2D eigenvalue weighted by atomic mass is 16.1. The van der Waals surface area contributed by atoms with Gasteiger partial charge in [-0.3, -0.25) is 4.79 Å². The Hall–Kier alpha value is -0.850. The van der Waals surface area contributed by atoms with Crippen LogP contribution in [0.4, 0.5) is 0 Å². The van der Waals surface area contributed by atoms with Crippen molar-refractivity contribution < 1.29 is 4.79 Å². The lowest BCUT2D eigenvalue weighted by Crippen LogP contribution is -1.97. The summed E-state index contributed by atoms with van der Waals surface area (Å²) in [5, 5.41) is 0. The average molecular weight is 162 g/mol. The van der Waals surface area contributed by atoms with E-state index in [1.165, 1.54) is 11.1 Å². The van der Waals surface area contributed by atoms with Crippen LogP contribution in [-0.4, -0.2) is 5.78 Å². The Bertz CT molecular complexity index is 258. The van der Waals surface area contributed by atoms with Crippen LogP contribution in [0.2, 0.25) is 0 Å². The van der Waals surface area contributed by atoms with E-state index in [1.807, 2.05) is 0 Å². The van der Waals surface area contributed by atoms with Crippen molar-refractivity contribution in [1.29, 1.82) is 0 Å². The zero-order valence-corrected chi connectivity index (χ0v) is 7.31. The van der Waals surface area contributed by atoms with Gasteiger partial charge in [0.2, 0.25) is 0 Å². The zero-order valence-electron chi connectivity index (χ0n) is 7.31. The highest BCUT2D eigenvalue weighted by Crippen LogP contribution is 2.30. The van der Waals surface area contributed by atoms with Gasteiger partial charge in [-0.05, 0) is 37.7 Å². The van der Waals surface area contributed by atoms with Gasteiger partial charge < -0.3 is 0 Å². The molecule has 2 aliphatic carbocycles. The van der Waals surface area contributed by atoms with Crippen molar-refractivity contribution in [3.8, 4) is 0 Å². The molecule has 1 heteroatoms. The third-order valence-corrected chi connectivity index (χ3v) is 2.76. The predicted octanol–water partition coefficient (Wildman–Crippen LogP) is 2.78. The van der Waals surface area contributed by atoms with E-state index >= 15 is 0 Å². The van der Waals surface area contributed by atoms with Gasteiger partial charge >= 0.3 is 0 Å². The molecule has 0 bridgehead atoms. The van der Waals surface area contributed by atoms with Crippen LogP contribution < -0.4 is 0 Å². The van der Waals surface area contributed by atoms with Crippen molar-refractivity contribution in [3.63, 3.8) is 0 Å². The fraction of sp³-hybridized carbons (Fsp3) is 0.545. The smallest absolute Gasteiger partial charge is 0.159 e. The molecule has 0 fully saturated rings. The summed E-state index contributed by atoms with van der Waals surface area (Å²) >= 11 is 0. The van der Waals surface area contributed by atoms with Crippen molar-refractivity contribution >= 4 is 5.78 Å². The number of Topliss-reactive ketones (excluding diaryl/α,β-unsaturated/α-hetero) is 1. The summed E-state index contributed by atoms with van der Waals surface area (Å²) in [6.45, 7) is 0. The lowest BCUT2D eigenvalue weighted by Gasteiger charge is -2.06. The van der Waals surface area contributed by atoms with E-state index in [2.05, 4.69) is 12.2 Å². The fourth-order valence-corrected chi connectivity index (χ4v) is 2.08. The van der Waals surface area contributed by atoms with Gasteiger partial charge in [-0.15, -0.1) is 0 Å². The molecule has 0 radical (unpaired) electrons. The van der Waals surface area contributed by atoms with Crippen LogP contribution >= 0.6 is 0 Å². The van der Waals surface area contributed by atoms with Gasteiger partial charge in [0.25, 0.3) is 0 Å². The minimum atomic E-state index is 0.417. The van der Waals surface area contributed by atoms with E-state index in [0.29, 0.717) is 5.78 Å². The van der Waals surface area contributed by atoms with Gasteiger partial charge in [0.1, 0.15) is 0 Å². The molecule has 0 N–H and O–H groups in total. The Kier molecular flexibility index (Phi) is 2.11. The molecule has 12 heavy (non-hydrogen) atoms. The molecule has 0 heterocycles. The van der Waals surface area contributed by atoms with E-state index in [9.17, 15) is 4.79 Å². The maximum Gasteiger partial charge on any atom is 0.159 e. The quantitative estimate of drug-likeness (QED) is 0.500. The average Bonchev–Trinajstić information content (AvgIpc) is 2.31. The minimum absolute atomic E-state index is 0.417. The molecular weight excluding hydrogens is 148 g/mol. The van der Waals surface area contributed by atoms with E-state index in [-0.39, 0.29) is 0 Å². The summed E-state index contributed by atoms with van der Waals surface area (Å²) < 4.78 is 0. The van der Waals surface area contributed by atoms with Crippen LogP contribution in [0.3, 0.4) is 0 Å². The second-order valence-electron chi connectivity index (χ2n) is 3.55. The normalized spacial score (nSPS) is 26.5. The van der Waals surface area contributed by atoms with Gasteiger partial charge in [0.15, 0.2) is 5.78 Å². The Morgan fingerprint density at radius 2 is 1.67 bits per heavy atom. The van der Waals surface area contributed by atoms with E-state index in [4.69, 9.17) is 0 Å². The number of carbonyl (C=O) groups excluding carboxylic acids is 1. The molecule has 2 aliphatic rings. The molecular formula is C11H14O. The molecule has 0 saturated carbocycles. The van der Waals surface area contributed by atoms with Crippen LogP contribution in [0, 0.1) is 0 Å². The second-order valence-corrected chi connectivity index (χ2v) is 3.55. The Morgan fingerprint density at radius 3 is 2.50 bits per heavy atom. The highest BCUT2D eigenvalue weighted by molar-refractivity contribution is 5.98. The second kappa shape index (κ2) is 3.26. The van der Waals surface area contributed by atoms with Gasteiger partial charge in [-0.2, -0.15) is 0 Å². The fourth-order valence-electron chi connectivity index (χ4n) is 2.08. The lowest BCUT2D eigenvalue weighted by molar-refractivity contribution is -0.115. The third-order valence-electron chi connectivity index (χ3n) is 2.76. The van der Waals surface area contributed by atoms with E-state index in [1.54, 1.807) is 0 Å². The summed E-state index contributed by atoms with van der Waals surface area (Å²) in [6.07, 6.45) is 10.6. The first kappa shape index (κ1) is 7.78. The largest absolute Gasteiger partial charge is 0.295 e. The van der Waals surface area contributed by atoms with Crippen molar-refractivity contribution in [2.24, 2.45) is 0 Å². The molecule has 2 rings (SSSR count). The third kappa shape index (κ3) is 1.36. The standard InChI is InChI=1S/C11H14O/c12-11-8-7-9-5-3-1-2-4-6-10(9)11/h1-2H,3-8H2/b2-1-. The minimum Gasteiger partial charge on any atom is -0.295 e. The van der Waals surface area contributed by atoms with Gasteiger partial charge in [0.05, 0.1) is 0 Å². The Balaban J connectivity index is 2.19. The SMILES string of the molecule is O=C1CCC2=C1CC/C=C\CC2. The first-order valence-electron chi connectivity index (χ1n) is 4.77. The van der Waals surface area contributed by atoms with Crippen molar-refractivity contribution in [2.75, 3.05) is 0 Å². The number of carbonyl (C=O) groups is 1. The summed E-state index contributed by atoms with van der Waals surface area (Å²) in [5.41, 5.74) is 2.61. The summed E-state index contributed by atoms with van der Waals surface area (Å²) in [5.74, 6) is 0.417. The molecule has 0 aromatic rings. The maximum absolute atomic E-state index is 11.4. The number of rotatable bonds is 0. The summed E-state index contributed by atoms with van der Waals surface area (Å²) in [6, 6.07) is 0. The molecule has 0 aromatic carbocycles. The van der Waals surface area contributed by atoms with E-state index in [0.717, 1.165) is 38.5 Å². The number of hydrogen-bond donors (Lipinski definition) is 0. The molecule has 0 spiro atoms. The van der Waals surface area contributed by atoms with Gasteiger partial charge in [0, 0.05) is 6.42 Å². The molecule has 0 amide bonds. The molecule has 1 nitrogen and oxygen atoms in total. The topological polar surface area (TPSA) is 17.1 Å². The molecule has 0 aromatic heterocycles. The van der Waals surface area contributed by atoms with Crippen LogP contribution in [0.5, 0.6) is 0 Å². The zero-order chi connectivity index (χ0) is 8.39. The van der Waals surface area contributed by atoms with Crippen molar-refractivity contribution in [1.82, 2.24) is 0 Å². The Labute approximate surface area is 73.2 Å². The molecule has 64 valence electrons. The van der Waals surface area contributed by atoms with Crippen molar-refractivity contribution in [3.05, 3.63) is 23.3 Å². The summed E-state index contributed by atoms with van der Waals surface area (Å²) in [7, 11) is 0. The summed E-state index contributed by atoms with van der Waals surface area (Å²) in [4.78, 5) is 11.4. The maximum atomic E-state index is 11.4. The molecule has 0 aliphatic heterocycles. The van der Waals surface area contributed by atoms with Gasteiger partial charge in [-0.1, -0.05) is 17.7 Å². The van der Waals surface area contributed by atoms with Crippen LogP contribution in [0.25, 0.3) is 0 Å². The molecule has 0 unspecified atom stereocenters. The van der Waals surface area contributed by atoms with Crippen molar-refractivity contribution in [2.45, 2.75) is 38.5 Å². The Morgan fingerprint density at radius 1 is 0.917 bits per heavy atom. The first-order chi connectivity index (χ1) is 5.88. The first-order valence-corrected chi connectivity index (χ1v) is 4.77. The predicted molar refractivity (Wildman–Crippen MR) is 48.9 cm³/mol. The van der Waals surface area contributed by atoms with Crippen LogP contribution in [0.1, 0.15) is 38.5 Å². The highest BCUT2D eigenvalue weighted by Gasteiger charge is 2.21. The number of ketones is 1. The monoisotopic (exact) mass is 162 g/mol. The lowest BCUT2D eigenvalue weighted by atomic mass is 9.99. The molecule has 0 saturated heterocycles. The van der Waals surface area contributed by atoms with Crippen LogP contribution in [-0.2, 0) is 4.79 Å². The molecule has 0 atom stereocenters. The number of allylic oxidation sites excluding steroid dienone is 4. The number of hydrogen-bond acceptors (Lipinski definition) is 1. The van der Waals surface area contributed by atoms with Crippen LogP contribution in [0.15, 0.2) is 23.3 Å². The van der Waals surface area contributed by atoms with E-state index < -0.39 is 0 Å². The van der Waals surface area contributed by atoms with Gasteiger partial charge in [-0.25, -0.2) is 0 Å².